The zero-order valence-corrected chi connectivity index (χ0v) is 44.6. The van der Waals surface area contributed by atoms with Crippen LogP contribution in [-0.2, 0) is 6.32 Å². The van der Waals surface area contributed by atoms with Gasteiger partial charge in [0.25, 0.3) is 0 Å². The molecule has 0 radical (unpaired) electrons. The molecule has 1 unspecified atom stereocenters. The van der Waals surface area contributed by atoms with Crippen LogP contribution in [0, 0.1) is 19.3 Å². The van der Waals surface area contributed by atoms with E-state index in [2.05, 4.69) is 193 Å². The van der Waals surface area contributed by atoms with E-state index in [4.69, 9.17) is 13.9 Å². The van der Waals surface area contributed by atoms with Crippen molar-refractivity contribution in [3.63, 3.8) is 0 Å². The zero-order valence-electron chi connectivity index (χ0n) is 44.6. The summed E-state index contributed by atoms with van der Waals surface area (Å²) in [5, 5.41) is 2.85. The van der Waals surface area contributed by atoms with Gasteiger partial charge in [-0.15, -0.1) is 10.9 Å². The summed E-state index contributed by atoms with van der Waals surface area (Å²) in [7, 11) is 58.7. The molecule has 1 atom stereocenters. The monoisotopic (exact) mass is 799 g/mol. The predicted molar refractivity (Wildman–Crippen MR) is 364 cm³/mol. The van der Waals surface area contributed by atoms with Gasteiger partial charge in [-0.2, -0.15) is 0 Å². The maximum atomic E-state index is 6.39. The molecule has 0 saturated carbocycles. The third kappa shape index (κ3) is 7.17. The van der Waals surface area contributed by atoms with Crippen LogP contribution >= 0.6 is 0 Å². The minimum absolute atomic E-state index is 0.213. The molecule has 0 nitrogen and oxygen atoms in total. The Labute approximate surface area is 409 Å². The number of allylic oxidation sites excluding steroid dienone is 3. The molecule has 6 rings (SSSR count). The van der Waals surface area contributed by atoms with E-state index >= 15 is 0 Å². The molecule has 0 N–H and O–H groups in total. The molecular weight excluding hydrogens is 740 g/mol. The zero-order chi connectivity index (χ0) is 48.2. The molecule has 0 aromatic heterocycles. The average molecular weight is 794 g/mol. The molecule has 0 spiro atoms. The molecule has 286 valence electrons. The van der Waals surface area contributed by atoms with Gasteiger partial charge in [-0.05, 0) is 0 Å². The topological polar surface area (TPSA) is 0 Å². The second-order valence-electron chi connectivity index (χ2n) is 20.1. The van der Waals surface area contributed by atoms with Crippen LogP contribution in [0.3, 0.4) is 0 Å². The van der Waals surface area contributed by atoms with E-state index < -0.39 is 0 Å². The summed E-state index contributed by atoms with van der Waals surface area (Å²) >= 11 is 0. The molecular formula is C40H54B24. The molecule has 0 saturated heterocycles. The average Bonchev–Trinajstić information content (AvgIpc) is 3.49. The summed E-state index contributed by atoms with van der Waals surface area (Å²) in [5.74, 6) is 3.32. The number of rotatable bonds is 7. The third-order valence-corrected chi connectivity index (χ3v) is 17.8. The van der Waals surface area contributed by atoms with Gasteiger partial charge in [0.15, 0.2) is 0 Å². The summed E-state index contributed by atoms with van der Waals surface area (Å²) in [5.41, 5.74) is 44.3. The summed E-state index contributed by atoms with van der Waals surface area (Å²) in [6.07, 6.45) is 7.24. The summed E-state index contributed by atoms with van der Waals surface area (Å²) in [4.78, 5) is 0. The molecule has 0 amide bonds. The molecule has 0 bridgehead atoms. The quantitative estimate of drug-likeness (QED) is 0.114. The van der Waals surface area contributed by atoms with Crippen LogP contribution in [0.25, 0.3) is 49.4 Å². The normalized spacial score (nSPS) is 14.3. The van der Waals surface area contributed by atoms with Crippen molar-refractivity contribution in [2.24, 2.45) is 0 Å². The Balaban J connectivity index is 1.86. The Morgan fingerprint density at radius 3 is 1.44 bits per heavy atom. The SMILES string of the molecule is B=C(/C(B)=C(/B)c1c(B)c(B)c(B)c(B)c1C)c1c(CB)c(/C(B)=C(/B)C#C)c(-c2c(B)c(B)c(B)c(-c3c(B)c(B)c4c(B)c(B)c(B)c(B)c4c3B)c2B)c2c1C(B)=C(B)C2B. The van der Waals surface area contributed by atoms with Crippen LogP contribution < -0.4 is 81.9 Å². The van der Waals surface area contributed by atoms with Crippen molar-refractivity contribution < 1.29 is 0 Å². The second-order valence-corrected chi connectivity index (χ2v) is 20.1. The van der Waals surface area contributed by atoms with Crippen LogP contribution in [-0.4, -0.2) is 193 Å². The number of benzene rings is 5. The first-order valence-electron chi connectivity index (χ1n) is 23.9. The third-order valence-electron chi connectivity index (χ3n) is 17.8. The Hall–Kier alpha value is -3.43. The Morgan fingerprint density at radius 2 is 0.922 bits per heavy atom. The van der Waals surface area contributed by atoms with E-state index in [1.54, 1.807) is 0 Å². The predicted octanol–water partition coefficient (Wildman–Crippen LogP) is -25.3. The van der Waals surface area contributed by atoms with E-state index in [1.807, 2.05) is 0 Å². The van der Waals surface area contributed by atoms with E-state index in [9.17, 15) is 0 Å². The molecule has 1 aliphatic carbocycles. The fourth-order valence-corrected chi connectivity index (χ4v) is 12.2. The van der Waals surface area contributed by atoms with Crippen molar-refractivity contribution in [1.29, 1.82) is 0 Å². The van der Waals surface area contributed by atoms with Crippen molar-refractivity contribution in [2.45, 2.75) is 19.1 Å². The molecule has 0 aliphatic heterocycles. The van der Waals surface area contributed by atoms with E-state index in [-0.39, 0.29) is 5.82 Å². The molecule has 0 heterocycles. The molecule has 0 fully saturated rings. The first-order chi connectivity index (χ1) is 29.8. The fraction of sp³-hybridized carbons (Fsp3) is 0.0750. The van der Waals surface area contributed by atoms with Gasteiger partial charge in [-0.25, -0.2) is 0 Å². The van der Waals surface area contributed by atoms with Crippen LogP contribution in [0.4, 0.5) is 0 Å². The molecule has 1 aliphatic rings. The van der Waals surface area contributed by atoms with Gasteiger partial charge >= 0.3 is 364 Å². The Bertz CT molecular complexity index is 3120. The number of hydrogen-bond donors (Lipinski definition) is 0. The molecule has 5 aromatic rings. The van der Waals surface area contributed by atoms with Crippen LogP contribution in [0.15, 0.2) is 16.4 Å². The standard InChI is InChI=1S/C40H54B24/c1-3-7(42)20(44)9-6(4-41)10(25(49)35(59)23(47)8-5(2)19(43)34(58)38(62)24(8)48)12-13(27(51)36(60)26(12)50)11(9)14-21(45)16(31(55)37(61)30(14)54)15-22(46)17-18(29(53)28(15)52)33(57)40(64)39(63)32(17)56/h1,27,49H,4,41-48,50-64H2,2H3/b20-7-,35-23-. The van der Waals surface area contributed by atoms with Crippen molar-refractivity contribution in [2.75, 3.05) is 0 Å². The maximum absolute atomic E-state index is 6.39. The van der Waals surface area contributed by atoms with Gasteiger partial charge in [-0.1, -0.05) is 5.46 Å². The first kappa shape index (κ1) is 50.0. The van der Waals surface area contributed by atoms with Crippen molar-refractivity contribution in [3.05, 3.63) is 55.4 Å². The Morgan fingerprint density at radius 1 is 0.500 bits per heavy atom. The first-order valence-corrected chi connectivity index (χ1v) is 23.9. The number of fused-ring (bicyclic) bond motifs is 2. The van der Waals surface area contributed by atoms with Crippen LogP contribution in [0.2, 0.25) is 0 Å². The molecule has 24 heteroatoms. The molecule has 5 aromatic carbocycles. The number of terminal acetylenes is 1. The van der Waals surface area contributed by atoms with Crippen LogP contribution in [0.5, 0.6) is 0 Å². The fourth-order valence-electron chi connectivity index (χ4n) is 12.2. The van der Waals surface area contributed by atoms with Crippen molar-refractivity contribution in [1.82, 2.24) is 0 Å². The van der Waals surface area contributed by atoms with E-state index in [0.29, 0.717) is 0 Å². The minimum atomic E-state index is 0.213. The second kappa shape index (κ2) is 18.0. The molecule has 64 heavy (non-hydrogen) atoms. The van der Waals surface area contributed by atoms with Gasteiger partial charge in [-0.3, -0.25) is 0 Å². The van der Waals surface area contributed by atoms with Crippen molar-refractivity contribution in [3.8, 4) is 34.6 Å². The van der Waals surface area contributed by atoms with Gasteiger partial charge in [0.05, 0.1) is 0 Å². The van der Waals surface area contributed by atoms with Gasteiger partial charge in [0.1, 0.15) is 31.4 Å². The summed E-state index contributed by atoms with van der Waals surface area (Å²) in [6, 6.07) is 0. The van der Waals surface area contributed by atoms with Crippen molar-refractivity contribution >= 4 is 303 Å². The van der Waals surface area contributed by atoms with Gasteiger partial charge in [0.2, 0.25) is 0 Å². The number of hydrogen-bond acceptors (Lipinski definition) is 0. The summed E-state index contributed by atoms with van der Waals surface area (Å²) < 4.78 is 0. The van der Waals surface area contributed by atoms with Gasteiger partial charge in [0, 0.05) is 0 Å². The van der Waals surface area contributed by atoms with Crippen LogP contribution in [0.1, 0.15) is 44.8 Å². The van der Waals surface area contributed by atoms with E-state index in [0.717, 1.165) is 17.3 Å². The van der Waals surface area contributed by atoms with Gasteiger partial charge < -0.3 is 0 Å². The summed E-state index contributed by atoms with van der Waals surface area (Å²) in [6.45, 7) is 2.30. The van der Waals surface area contributed by atoms with E-state index in [1.165, 1.54) is 181 Å². The Kier molecular flexibility index (Phi) is 14.1.